The van der Waals surface area contributed by atoms with E-state index in [1.54, 1.807) is 35.6 Å². The number of carbonyl (C=O) groups is 4. The Bertz CT molecular complexity index is 1570. The molecule has 0 radical (unpaired) electrons. The van der Waals surface area contributed by atoms with E-state index in [-0.39, 0.29) is 23.9 Å². The van der Waals surface area contributed by atoms with Crippen LogP contribution in [0.4, 0.5) is 10.1 Å². The Labute approximate surface area is 278 Å². The van der Waals surface area contributed by atoms with Crippen molar-refractivity contribution in [2.75, 3.05) is 38.5 Å². The first kappa shape index (κ1) is 35.5. The van der Waals surface area contributed by atoms with Gasteiger partial charge in [-0.2, -0.15) is 5.10 Å². The molecule has 3 aromatic rings. The third-order valence-corrected chi connectivity index (χ3v) is 10.2. The van der Waals surface area contributed by atoms with Crippen molar-refractivity contribution in [1.82, 2.24) is 30.2 Å². The van der Waals surface area contributed by atoms with Crippen molar-refractivity contribution in [3.8, 4) is 0 Å². The first-order valence-electron chi connectivity index (χ1n) is 16.1. The minimum Gasteiger partial charge on any atom is -0.344 e. The molecule has 1 saturated heterocycles. The number of hydrogen-bond donors (Lipinski definition) is 3. The molecular formula is C34H46FN7O4Si. The highest BCUT2D eigenvalue weighted by atomic mass is 28.1. The lowest BCUT2D eigenvalue weighted by molar-refractivity contribution is -0.138. The summed E-state index contributed by atoms with van der Waals surface area (Å²) in [4.78, 5) is 57.2. The number of carbonyl (C=O) groups excluding carboxylic acids is 4. The minimum atomic E-state index is -1.03. The van der Waals surface area contributed by atoms with Crippen LogP contribution < -0.4 is 16.0 Å². The number of aryl methyl sites for hydroxylation is 1. The van der Waals surface area contributed by atoms with Gasteiger partial charge in [0.05, 0.1) is 5.69 Å². The topological polar surface area (TPSA) is 129 Å². The molecule has 11 nitrogen and oxygen atoms in total. The number of nitrogens with one attached hydrogen (secondary N) is 3. The molecule has 3 N–H and O–H groups in total. The summed E-state index contributed by atoms with van der Waals surface area (Å²) in [6, 6.07) is 13.5. The number of anilines is 1. The van der Waals surface area contributed by atoms with E-state index < -0.39 is 40.7 Å². The van der Waals surface area contributed by atoms with Crippen LogP contribution in [0, 0.1) is 5.82 Å². The maximum atomic E-state index is 15.7. The Morgan fingerprint density at radius 2 is 1.68 bits per heavy atom. The van der Waals surface area contributed by atoms with E-state index in [2.05, 4.69) is 25.9 Å². The molecule has 47 heavy (non-hydrogen) atoms. The highest BCUT2D eigenvalue weighted by Gasteiger charge is 2.39. The highest BCUT2D eigenvalue weighted by Crippen LogP contribution is 2.28. The average Bonchev–Trinajstić information content (AvgIpc) is 3.56. The Balaban J connectivity index is 1.58. The number of amides is 4. The van der Waals surface area contributed by atoms with Crippen LogP contribution in [-0.2, 0) is 26.0 Å². The third kappa shape index (κ3) is 8.33. The van der Waals surface area contributed by atoms with Crippen molar-refractivity contribution in [1.29, 1.82) is 0 Å². The van der Waals surface area contributed by atoms with Gasteiger partial charge in [0.15, 0.2) is 0 Å². The minimum absolute atomic E-state index is 0.0612. The van der Waals surface area contributed by atoms with Gasteiger partial charge in [0.2, 0.25) is 17.7 Å². The number of piperazine rings is 1. The van der Waals surface area contributed by atoms with E-state index in [1.807, 2.05) is 51.2 Å². The summed E-state index contributed by atoms with van der Waals surface area (Å²) in [5, 5.41) is 11.9. The van der Waals surface area contributed by atoms with E-state index in [9.17, 15) is 19.2 Å². The van der Waals surface area contributed by atoms with Crippen LogP contribution in [-0.4, -0.2) is 98.8 Å². The zero-order chi connectivity index (χ0) is 34.3. The molecule has 2 heterocycles. The van der Waals surface area contributed by atoms with Crippen LogP contribution >= 0.6 is 0 Å². The van der Waals surface area contributed by atoms with Gasteiger partial charge in [-0.1, -0.05) is 57.2 Å². The number of hydrogen-bond acceptors (Lipinski definition) is 6. The molecule has 1 aliphatic rings. The summed E-state index contributed by atoms with van der Waals surface area (Å²) in [6.45, 7) is 10.3. The van der Waals surface area contributed by atoms with Gasteiger partial charge in [-0.3, -0.25) is 23.9 Å². The van der Waals surface area contributed by atoms with E-state index >= 15 is 4.39 Å². The van der Waals surface area contributed by atoms with Gasteiger partial charge >= 0.3 is 0 Å². The molecule has 2 aromatic carbocycles. The van der Waals surface area contributed by atoms with E-state index in [0.717, 1.165) is 18.7 Å². The number of likely N-dealkylation sites (N-methyl/N-ethyl adjacent to an activating group) is 1. The van der Waals surface area contributed by atoms with Crippen molar-refractivity contribution in [3.05, 3.63) is 83.4 Å². The first-order valence-corrected chi connectivity index (χ1v) is 17.1. The van der Waals surface area contributed by atoms with Crippen LogP contribution in [0.3, 0.4) is 0 Å². The molecule has 1 aromatic heterocycles. The van der Waals surface area contributed by atoms with Gasteiger partial charge in [0.1, 0.15) is 23.6 Å². The lowest BCUT2D eigenvalue weighted by atomic mass is 9.90. The summed E-state index contributed by atoms with van der Waals surface area (Å²) in [5.74, 6) is -2.75. The molecule has 0 aliphatic carbocycles. The van der Waals surface area contributed by atoms with Crippen molar-refractivity contribution in [2.45, 2.75) is 63.7 Å². The van der Waals surface area contributed by atoms with Gasteiger partial charge < -0.3 is 25.8 Å². The highest BCUT2D eigenvalue weighted by molar-refractivity contribution is 6.20. The molecule has 0 spiro atoms. The van der Waals surface area contributed by atoms with Crippen molar-refractivity contribution >= 4 is 39.6 Å². The monoisotopic (exact) mass is 663 g/mol. The van der Waals surface area contributed by atoms with Gasteiger partial charge in [-0.05, 0) is 43.3 Å². The lowest BCUT2D eigenvalue weighted by Crippen LogP contribution is -2.56. The molecule has 13 heteroatoms. The van der Waals surface area contributed by atoms with Gasteiger partial charge in [-0.15, -0.1) is 0 Å². The van der Waals surface area contributed by atoms with Gasteiger partial charge in [0.25, 0.3) is 5.91 Å². The predicted molar refractivity (Wildman–Crippen MR) is 183 cm³/mol. The molecule has 2 unspecified atom stereocenters. The zero-order valence-corrected chi connectivity index (χ0v) is 30.0. The van der Waals surface area contributed by atoms with Crippen LogP contribution in [0.5, 0.6) is 0 Å². The Hall–Kier alpha value is -4.36. The van der Waals surface area contributed by atoms with Crippen LogP contribution in [0.15, 0.2) is 60.8 Å². The maximum Gasteiger partial charge on any atom is 0.270 e. The summed E-state index contributed by atoms with van der Waals surface area (Å²) < 4.78 is 17.3. The molecule has 1 fully saturated rings. The molecule has 4 rings (SSSR count). The Morgan fingerprint density at radius 3 is 2.30 bits per heavy atom. The van der Waals surface area contributed by atoms with Crippen molar-refractivity contribution in [2.24, 2.45) is 0 Å². The average molecular weight is 664 g/mol. The Morgan fingerprint density at radius 1 is 1.00 bits per heavy atom. The molecule has 4 atom stereocenters. The normalized spacial score (nSPS) is 16.9. The smallest absolute Gasteiger partial charge is 0.270 e. The van der Waals surface area contributed by atoms with Crippen LogP contribution in [0.2, 0.25) is 0 Å². The second kappa shape index (κ2) is 15.5. The molecule has 252 valence electrons. The Kier molecular flexibility index (Phi) is 11.7. The fourth-order valence-electron chi connectivity index (χ4n) is 5.80. The first-order chi connectivity index (χ1) is 22.4. The summed E-state index contributed by atoms with van der Waals surface area (Å²) in [5.41, 5.74) is 1.62. The number of rotatable bonds is 12. The van der Waals surface area contributed by atoms with Crippen LogP contribution in [0.1, 0.15) is 61.6 Å². The zero-order valence-electron chi connectivity index (χ0n) is 28.0. The second-order valence-electron chi connectivity index (χ2n) is 12.6. The number of halogens is 1. The number of benzene rings is 2. The predicted octanol–water partition coefficient (Wildman–Crippen LogP) is 1.83. The third-order valence-electron chi connectivity index (χ3n) is 9.02. The van der Waals surface area contributed by atoms with Gasteiger partial charge in [-0.25, -0.2) is 4.39 Å². The summed E-state index contributed by atoms with van der Waals surface area (Å²) in [7, 11) is 2.48. The van der Waals surface area contributed by atoms with Crippen molar-refractivity contribution in [3.63, 3.8) is 0 Å². The second-order valence-corrected chi connectivity index (χ2v) is 14.6. The van der Waals surface area contributed by atoms with Crippen molar-refractivity contribution < 1.29 is 23.6 Å². The SMILES string of the molecule is CCC(=O)N[C@@H](C(=O)N1CCN(C)CC1)[C@@H](C)c1ccc(NC(=O)C(NC(=O)c2ccnn2CC)C(C)([SiH3])c2ccccc2)c(F)c1. The molecule has 1 aliphatic heterocycles. The molecular weight excluding hydrogens is 618 g/mol. The van der Waals surface area contributed by atoms with E-state index in [0.29, 0.717) is 41.1 Å². The molecule has 4 amide bonds. The fraction of sp³-hybridized carbons (Fsp3) is 0.441. The van der Waals surface area contributed by atoms with E-state index in [4.69, 9.17) is 0 Å². The van der Waals surface area contributed by atoms with E-state index in [1.165, 1.54) is 18.3 Å². The summed E-state index contributed by atoms with van der Waals surface area (Å²) in [6.07, 6.45) is 1.73. The molecule has 0 bridgehead atoms. The largest absolute Gasteiger partial charge is 0.344 e. The molecule has 0 saturated carbocycles. The maximum absolute atomic E-state index is 15.7. The quantitative estimate of drug-likeness (QED) is 0.254. The fourth-order valence-corrected chi connectivity index (χ4v) is 6.54. The van der Waals surface area contributed by atoms with Gasteiger partial charge in [0, 0.05) is 66.5 Å². The summed E-state index contributed by atoms with van der Waals surface area (Å²) >= 11 is 0. The lowest BCUT2D eigenvalue weighted by Gasteiger charge is -2.36. The van der Waals surface area contributed by atoms with Crippen LogP contribution in [0.25, 0.3) is 0 Å². The number of aromatic nitrogens is 2. The number of nitrogens with zero attached hydrogens (tertiary/aromatic N) is 4. The standard InChI is InChI=1S/C34H46FN7O4Si/c1-6-28(43)38-29(33(46)41-19-17-40(5)18-20-41)22(3)23-13-14-26(25(35)21-23)37-32(45)30(34(4,47)24-11-9-8-10-12-24)39-31(44)27-15-16-36-42(27)7-2/h8-16,21-22,29-30H,6-7,17-20H2,1-5,47H3,(H,37,45)(H,38,43)(H,39,44)/t22-,29+,30?,34?/m0/s1.